The van der Waals surface area contributed by atoms with Gasteiger partial charge < -0.3 is 5.11 Å². The highest BCUT2D eigenvalue weighted by Gasteiger charge is 2.59. The van der Waals surface area contributed by atoms with E-state index >= 15 is 0 Å². The minimum Gasteiger partial charge on any atom is -0.390 e. The van der Waals surface area contributed by atoms with Crippen molar-refractivity contribution in [3.8, 4) is 0 Å². The Morgan fingerprint density at radius 1 is 1.00 bits per heavy atom. The van der Waals surface area contributed by atoms with Crippen LogP contribution < -0.4 is 0 Å². The summed E-state index contributed by atoms with van der Waals surface area (Å²) >= 11 is 0. The normalized spacial score (nSPS) is 42.6. The summed E-state index contributed by atoms with van der Waals surface area (Å²) in [5, 5.41) is 11.2. The van der Waals surface area contributed by atoms with Gasteiger partial charge >= 0.3 is 0 Å². The Labute approximate surface area is 200 Å². The first kappa shape index (κ1) is 24.8. The van der Waals surface area contributed by atoms with E-state index in [0.717, 1.165) is 67.6 Å². The second-order valence-electron chi connectivity index (χ2n) is 13.6. The molecule has 0 aliphatic heterocycles. The summed E-state index contributed by atoms with van der Waals surface area (Å²) in [6, 6.07) is 0. The summed E-state index contributed by atoms with van der Waals surface area (Å²) in [5.41, 5.74) is 2.48. The van der Waals surface area contributed by atoms with Crippen LogP contribution in [-0.4, -0.2) is 10.7 Å². The minimum absolute atomic E-state index is 0.411. The standard InChI is InChI=1S/C31H54O/c1-7-16-31(32,17-8-2)20-14-23(4)26-11-12-27-25-10-9-24-21-22(3)13-18-29(24,5)28(25)15-19-30(26,27)6/h9,22-23,25-28,32H,7-8,10-21H2,1-6H3/t22-,23+,25-,26+,27-,28-,29-,30+/m0/s1. The lowest BCUT2D eigenvalue weighted by atomic mass is 9.46. The fourth-order valence-corrected chi connectivity index (χ4v) is 9.82. The molecule has 32 heavy (non-hydrogen) atoms. The molecule has 0 aromatic heterocycles. The lowest BCUT2D eigenvalue weighted by Gasteiger charge is -2.58. The number of allylic oxidation sites excluding steroid dienone is 2. The van der Waals surface area contributed by atoms with Crippen molar-refractivity contribution in [3.05, 3.63) is 11.6 Å². The van der Waals surface area contributed by atoms with E-state index in [-0.39, 0.29) is 0 Å². The van der Waals surface area contributed by atoms with Gasteiger partial charge in [-0.2, -0.15) is 0 Å². The summed E-state index contributed by atoms with van der Waals surface area (Å²) in [4.78, 5) is 0. The predicted octanol–water partition coefficient (Wildman–Crippen LogP) is 8.95. The first-order chi connectivity index (χ1) is 15.2. The van der Waals surface area contributed by atoms with Crippen LogP contribution in [-0.2, 0) is 0 Å². The lowest BCUT2D eigenvalue weighted by Crippen LogP contribution is -2.50. The van der Waals surface area contributed by atoms with Crippen molar-refractivity contribution in [1.29, 1.82) is 0 Å². The molecule has 4 aliphatic rings. The number of aliphatic hydroxyl groups is 1. The molecule has 0 spiro atoms. The third-order valence-corrected chi connectivity index (χ3v) is 11.6. The van der Waals surface area contributed by atoms with Crippen LogP contribution in [0.2, 0.25) is 0 Å². The monoisotopic (exact) mass is 442 g/mol. The Morgan fingerprint density at radius 3 is 2.41 bits per heavy atom. The molecule has 0 saturated heterocycles. The molecule has 0 aromatic carbocycles. The van der Waals surface area contributed by atoms with Crippen molar-refractivity contribution in [3.63, 3.8) is 0 Å². The van der Waals surface area contributed by atoms with Crippen molar-refractivity contribution >= 4 is 0 Å². The topological polar surface area (TPSA) is 20.2 Å². The van der Waals surface area contributed by atoms with E-state index in [1.54, 1.807) is 0 Å². The molecule has 0 aromatic rings. The fraction of sp³-hybridized carbons (Fsp3) is 0.935. The van der Waals surface area contributed by atoms with Gasteiger partial charge in [-0.3, -0.25) is 0 Å². The second kappa shape index (κ2) is 9.39. The molecule has 0 radical (unpaired) electrons. The Hall–Kier alpha value is -0.300. The molecule has 1 nitrogen and oxygen atoms in total. The zero-order chi connectivity index (χ0) is 23.1. The number of hydrogen-bond donors (Lipinski definition) is 1. The SMILES string of the molecule is CCCC(O)(CCC)CC[C@@H](C)[C@H]1CC[C@H]2[C@@H]3CC=C4C[C@@H](C)CC[C@]4(C)[C@H]3CC[C@]12C. The van der Waals surface area contributed by atoms with E-state index in [1.165, 1.54) is 57.8 Å². The van der Waals surface area contributed by atoms with Crippen LogP contribution in [0, 0.1) is 46.3 Å². The molecule has 0 amide bonds. The zero-order valence-corrected chi connectivity index (χ0v) is 22.4. The van der Waals surface area contributed by atoms with Gasteiger partial charge in [-0.1, -0.05) is 66.0 Å². The Morgan fingerprint density at radius 2 is 1.72 bits per heavy atom. The van der Waals surface area contributed by atoms with Gasteiger partial charge in [-0.15, -0.1) is 0 Å². The van der Waals surface area contributed by atoms with Crippen molar-refractivity contribution in [2.45, 2.75) is 137 Å². The summed E-state index contributed by atoms with van der Waals surface area (Å²) in [6.07, 6.45) is 20.6. The van der Waals surface area contributed by atoms with E-state index in [1.807, 2.05) is 5.57 Å². The molecule has 0 heterocycles. The second-order valence-corrected chi connectivity index (χ2v) is 13.6. The Kier molecular flexibility index (Phi) is 7.28. The van der Waals surface area contributed by atoms with Crippen LogP contribution in [0.3, 0.4) is 0 Å². The summed E-state index contributed by atoms with van der Waals surface area (Å²) in [6.45, 7) is 14.8. The van der Waals surface area contributed by atoms with Gasteiger partial charge in [0, 0.05) is 0 Å². The average Bonchev–Trinajstić information content (AvgIpc) is 3.10. The quantitative estimate of drug-likeness (QED) is 0.372. The molecule has 0 unspecified atom stereocenters. The molecule has 1 N–H and O–H groups in total. The first-order valence-corrected chi connectivity index (χ1v) is 14.6. The number of fused-ring (bicyclic) bond motifs is 5. The van der Waals surface area contributed by atoms with E-state index in [2.05, 4.69) is 47.6 Å². The maximum absolute atomic E-state index is 11.2. The molecule has 3 fully saturated rings. The molecule has 4 rings (SSSR count). The lowest BCUT2D eigenvalue weighted by molar-refractivity contribution is -0.0552. The molecular formula is C31H54O. The van der Waals surface area contributed by atoms with E-state index in [4.69, 9.17) is 0 Å². The van der Waals surface area contributed by atoms with E-state index < -0.39 is 5.60 Å². The van der Waals surface area contributed by atoms with Crippen molar-refractivity contribution in [1.82, 2.24) is 0 Å². The average molecular weight is 443 g/mol. The summed E-state index contributed by atoms with van der Waals surface area (Å²) in [7, 11) is 0. The highest BCUT2D eigenvalue weighted by atomic mass is 16.3. The molecular weight excluding hydrogens is 388 g/mol. The molecule has 1 heteroatoms. The Balaban J connectivity index is 1.46. The van der Waals surface area contributed by atoms with Gasteiger partial charge in [0.15, 0.2) is 0 Å². The van der Waals surface area contributed by atoms with Gasteiger partial charge in [0.05, 0.1) is 5.60 Å². The molecule has 8 atom stereocenters. The largest absolute Gasteiger partial charge is 0.390 e. The fourth-order valence-electron chi connectivity index (χ4n) is 9.82. The van der Waals surface area contributed by atoms with Gasteiger partial charge in [-0.25, -0.2) is 0 Å². The number of hydrogen-bond acceptors (Lipinski definition) is 1. The zero-order valence-electron chi connectivity index (χ0n) is 22.4. The highest BCUT2D eigenvalue weighted by Crippen LogP contribution is 2.67. The van der Waals surface area contributed by atoms with Crippen LogP contribution in [0.15, 0.2) is 11.6 Å². The van der Waals surface area contributed by atoms with Crippen molar-refractivity contribution in [2.75, 3.05) is 0 Å². The van der Waals surface area contributed by atoms with Gasteiger partial charge in [0.1, 0.15) is 0 Å². The Bertz CT molecular complexity index is 672. The van der Waals surface area contributed by atoms with Gasteiger partial charge in [0.25, 0.3) is 0 Å². The third-order valence-electron chi connectivity index (χ3n) is 11.6. The maximum Gasteiger partial charge on any atom is 0.0647 e. The predicted molar refractivity (Wildman–Crippen MR) is 138 cm³/mol. The molecule has 3 saturated carbocycles. The van der Waals surface area contributed by atoms with E-state index in [9.17, 15) is 5.11 Å². The van der Waals surface area contributed by atoms with E-state index in [0.29, 0.717) is 10.8 Å². The van der Waals surface area contributed by atoms with Crippen molar-refractivity contribution < 1.29 is 5.11 Å². The summed E-state index contributed by atoms with van der Waals surface area (Å²) < 4.78 is 0. The molecule has 4 aliphatic carbocycles. The van der Waals surface area contributed by atoms with Crippen LogP contribution in [0.25, 0.3) is 0 Å². The summed E-state index contributed by atoms with van der Waals surface area (Å²) in [5.74, 6) is 5.34. The highest BCUT2D eigenvalue weighted by molar-refractivity contribution is 5.25. The van der Waals surface area contributed by atoms with Crippen LogP contribution in [0.1, 0.15) is 131 Å². The molecule has 184 valence electrons. The van der Waals surface area contributed by atoms with Crippen LogP contribution in [0.5, 0.6) is 0 Å². The third kappa shape index (κ3) is 4.27. The molecule has 0 bridgehead atoms. The van der Waals surface area contributed by atoms with Gasteiger partial charge in [0.2, 0.25) is 0 Å². The van der Waals surface area contributed by atoms with Crippen molar-refractivity contribution in [2.24, 2.45) is 46.3 Å². The van der Waals surface area contributed by atoms with Crippen LogP contribution >= 0.6 is 0 Å². The minimum atomic E-state index is -0.411. The first-order valence-electron chi connectivity index (χ1n) is 14.6. The number of rotatable bonds is 8. The van der Waals surface area contributed by atoms with Gasteiger partial charge in [-0.05, 0) is 123 Å². The van der Waals surface area contributed by atoms with Crippen LogP contribution in [0.4, 0.5) is 0 Å². The smallest absolute Gasteiger partial charge is 0.0647 e. The maximum atomic E-state index is 11.2.